The summed E-state index contributed by atoms with van der Waals surface area (Å²) >= 11 is 0. The number of likely N-dealkylation sites (N-methyl/N-ethyl adjacent to an activating group) is 1. The van der Waals surface area contributed by atoms with E-state index in [-0.39, 0.29) is 17.4 Å². The third-order valence-corrected chi connectivity index (χ3v) is 6.28. The van der Waals surface area contributed by atoms with Gasteiger partial charge in [0.25, 0.3) is 11.7 Å². The number of likely N-dealkylation sites (tertiary alicyclic amines) is 1. The summed E-state index contributed by atoms with van der Waals surface area (Å²) in [7, 11) is 0. The Kier molecular flexibility index (Phi) is 6.28. The Bertz CT molecular complexity index is 1050. The van der Waals surface area contributed by atoms with Crippen LogP contribution >= 0.6 is 0 Å². The maximum atomic E-state index is 13.1. The number of carbonyl (C=O) groups excluding carboxylic acids is 2. The monoisotopic (exact) mass is 435 g/mol. The number of aromatic nitrogens is 1. The van der Waals surface area contributed by atoms with E-state index in [2.05, 4.69) is 23.7 Å². The van der Waals surface area contributed by atoms with E-state index in [0.29, 0.717) is 18.7 Å². The Morgan fingerprint density at radius 3 is 2.59 bits per heavy atom. The van der Waals surface area contributed by atoms with Crippen LogP contribution in [0.4, 0.5) is 0 Å². The molecule has 2 aromatic rings. The van der Waals surface area contributed by atoms with Gasteiger partial charge in [0, 0.05) is 37.5 Å². The van der Waals surface area contributed by atoms with E-state index in [1.165, 1.54) is 0 Å². The standard InChI is InChI=1S/C25H29N3O4/c1-4-27(5-2)12-13-28-22(17-8-10-26-11-9-17)21(24(30)25(28)31)23(29)18-6-7-20-19(15-18)14-16(3)32-20/h6-11,15-16,22,29H,4-5,12-14H2,1-3H3. The van der Waals surface area contributed by atoms with Crippen molar-refractivity contribution in [1.82, 2.24) is 14.8 Å². The number of carbonyl (C=O) groups is 2. The summed E-state index contributed by atoms with van der Waals surface area (Å²) in [5.41, 5.74) is 2.37. The van der Waals surface area contributed by atoms with Crippen molar-refractivity contribution in [3.63, 3.8) is 0 Å². The van der Waals surface area contributed by atoms with Crippen LogP contribution < -0.4 is 4.74 Å². The van der Waals surface area contributed by atoms with Crippen molar-refractivity contribution < 1.29 is 19.4 Å². The number of ether oxygens (including phenoxy) is 1. The van der Waals surface area contributed by atoms with Gasteiger partial charge >= 0.3 is 0 Å². The average Bonchev–Trinajstić information content (AvgIpc) is 3.30. The van der Waals surface area contributed by atoms with Crippen molar-refractivity contribution in [2.75, 3.05) is 26.2 Å². The van der Waals surface area contributed by atoms with E-state index in [1.807, 2.05) is 19.1 Å². The molecule has 0 aliphatic carbocycles. The number of ketones is 1. The van der Waals surface area contributed by atoms with Crippen molar-refractivity contribution in [1.29, 1.82) is 0 Å². The van der Waals surface area contributed by atoms with Gasteiger partial charge < -0.3 is 19.6 Å². The highest BCUT2D eigenvalue weighted by Gasteiger charge is 2.46. The van der Waals surface area contributed by atoms with E-state index in [0.717, 1.165) is 36.4 Å². The SMILES string of the molecule is CCN(CC)CCN1C(=O)C(=O)C(=C(O)c2ccc3c(c2)CC(C)O3)C1c1ccncc1. The van der Waals surface area contributed by atoms with Crippen LogP contribution in [0.2, 0.25) is 0 Å². The molecule has 1 fully saturated rings. The number of hydrogen-bond acceptors (Lipinski definition) is 6. The number of aliphatic hydroxyl groups is 1. The first kappa shape index (κ1) is 22.0. The topological polar surface area (TPSA) is 83.0 Å². The zero-order chi connectivity index (χ0) is 22.8. The number of amides is 1. The molecular formula is C25H29N3O4. The van der Waals surface area contributed by atoms with Gasteiger partial charge in [-0.05, 0) is 61.5 Å². The number of nitrogens with zero attached hydrogens (tertiary/aromatic N) is 3. The summed E-state index contributed by atoms with van der Waals surface area (Å²) in [6.07, 6.45) is 4.08. The van der Waals surface area contributed by atoms with Gasteiger partial charge in [-0.1, -0.05) is 13.8 Å². The summed E-state index contributed by atoms with van der Waals surface area (Å²) in [6, 6.07) is 8.31. The van der Waals surface area contributed by atoms with Crippen LogP contribution in [-0.2, 0) is 16.0 Å². The second-order valence-corrected chi connectivity index (χ2v) is 8.26. The number of Topliss-reactive ketones (excluding diaryl/α,β-unsaturated/α-hetero) is 1. The number of hydrogen-bond donors (Lipinski definition) is 1. The van der Waals surface area contributed by atoms with Crippen LogP contribution in [0.5, 0.6) is 5.75 Å². The molecule has 2 atom stereocenters. The van der Waals surface area contributed by atoms with Gasteiger partial charge in [0.15, 0.2) is 0 Å². The van der Waals surface area contributed by atoms with Crippen molar-refractivity contribution >= 4 is 17.4 Å². The Hall–Kier alpha value is -3.19. The summed E-state index contributed by atoms with van der Waals surface area (Å²) in [5, 5.41) is 11.2. The second kappa shape index (κ2) is 9.12. The maximum Gasteiger partial charge on any atom is 0.295 e. The molecule has 7 nitrogen and oxygen atoms in total. The number of benzene rings is 1. The lowest BCUT2D eigenvalue weighted by Crippen LogP contribution is -2.38. The molecule has 2 unspecified atom stereocenters. The van der Waals surface area contributed by atoms with Gasteiger partial charge in [0.2, 0.25) is 0 Å². The number of aliphatic hydroxyl groups excluding tert-OH is 1. The molecule has 3 heterocycles. The first-order valence-electron chi connectivity index (χ1n) is 11.1. The molecule has 0 saturated carbocycles. The summed E-state index contributed by atoms with van der Waals surface area (Å²) < 4.78 is 5.75. The first-order valence-corrected chi connectivity index (χ1v) is 11.1. The highest BCUT2D eigenvalue weighted by atomic mass is 16.5. The lowest BCUT2D eigenvalue weighted by atomic mass is 9.95. The minimum absolute atomic E-state index is 0.0740. The van der Waals surface area contributed by atoms with Crippen LogP contribution in [0.1, 0.15) is 43.5 Å². The van der Waals surface area contributed by atoms with Gasteiger partial charge in [-0.3, -0.25) is 14.6 Å². The minimum atomic E-state index is -0.658. The highest BCUT2D eigenvalue weighted by Crippen LogP contribution is 2.40. The van der Waals surface area contributed by atoms with E-state index in [9.17, 15) is 14.7 Å². The van der Waals surface area contributed by atoms with Gasteiger partial charge in [0.05, 0.1) is 11.6 Å². The van der Waals surface area contributed by atoms with Gasteiger partial charge in [-0.15, -0.1) is 0 Å². The Morgan fingerprint density at radius 2 is 1.91 bits per heavy atom. The first-order chi connectivity index (χ1) is 15.4. The highest BCUT2D eigenvalue weighted by molar-refractivity contribution is 6.46. The normalized spacial score (nSPS) is 21.8. The molecule has 2 aliphatic heterocycles. The molecule has 0 radical (unpaired) electrons. The van der Waals surface area contributed by atoms with E-state index in [4.69, 9.17) is 4.74 Å². The van der Waals surface area contributed by atoms with Gasteiger partial charge in [-0.25, -0.2) is 0 Å². The van der Waals surface area contributed by atoms with Crippen molar-refractivity contribution in [3.05, 3.63) is 65.0 Å². The molecule has 2 aliphatic rings. The van der Waals surface area contributed by atoms with Crippen LogP contribution in [0.3, 0.4) is 0 Å². The summed E-state index contributed by atoms with van der Waals surface area (Å²) in [4.78, 5) is 34.0. The fourth-order valence-corrected chi connectivity index (χ4v) is 4.52. The largest absolute Gasteiger partial charge is 0.507 e. The van der Waals surface area contributed by atoms with Crippen LogP contribution in [-0.4, -0.2) is 63.9 Å². The van der Waals surface area contributed by atoms with Crippen molar-refractivity contribution in [2.24, 2.45) is 0 Å². The molecule has 7 heteroatoms. The van der Waals surface area contributed by atoms with Crippen molar-refractivity contribution in [2.45, 2.75) is 39.3 Å². The Labute approximate surface area is 188 Å². The molecule has 32 heavy (non-hydrogen) atoms. The van der Waals surface area contributed by atoms with Crippen LogP contribution in [0.15, 0.2) is 48.3 Å². The summed E-state index contributed by atoms with van der Waals surface area (Å²) in [5.74, 6) is -0.607. The minimum Gasteiger partial charge on any atom is -0.507 e. The Morgan fingerprint density at radius 1 is 1.19 bits per heavy atom. The maximum absolute atomic E-state index is 13.1. The van der Waals surface area contributed by atoms with E-state index in [1.54, 1.807) is 35.5 Å². The number of pyridine rings is 1. The van der Waals surface area contributed by atoms with Gasteiger partial charge in [0.1, 0.15) is 17.6 Å². The quantitative estimate of drug-likeness (QED) is 0.409. The molecule has 1 N–H and O–H groups in total. The van der Waals surface area contributed by atoms with Crippen LogP contribution in [0.25, 0.3) is 5.76 Å². The van der Waals surface area contributed by atoms with E-state index < -0.39 is 17.7 Å². The molecule has 1 aromatic heterocycles. The summed E-state index contributed by atoms with van der Waals surface area (Å²) in [6.45, 7) is 8.88. The van der Waals surface area contributed by atoms with E-state index >= 15 is 0 Å². The molecule has 168 valence electrons. The average molecular weight is 436 g/mol. The van der Waals surface area contributed by atoms with Crippen molar-refractivity contribution in [3.8, 4) is 5.75 Å². The zero-order valence-corrected chi connectivity index (χ0v) is 18.7. The molecule has 0 bridgehead atoms. The van der Waals surface area contributed by atoms with Gasteiger partial charge in [-0.2, -0.15) is 0 Å². The third-order valence-electron chi connectivity index (χ3n) is 6.28. The smallest absolute Gasteiger partial charge is 0.295 e. The predicted octanol–water partition coefficient (Wildman–Crippen LogP) is 3.17. The molecule has 1 amide bonds. The number of fused-ring (bicyclic) bond motifs is 1. The fourth-order valence-electron chi connectivity index (χ4n) is 4.52. The molecule has 0 spiro atoms. The zero-order valence-electron chi connectivity index (χ0n) is 18.7. The molecule has 1 saturated heterocycles. The lowest BCUT2D eigenvalue weighted by molar-refractivity contribution is -0.140. The predicted molar refractivity (Wildman–Crippen MR) is 121 cm³/mol. The molecular weight excluding hydrogens is 406 g/mol. The fraction of sp³-hybridized carbons (Fsp3) is 0.400. The Balaban J connectivity index is 1.76. The second-order valence-electron chi connectivity index (χ2n) is 8.26. The number of rotatable bonds is 7. The third kappa shape index (κ3) is 4.00. The molecule has 4 rings (SSSR count). The van der Waals surface area contributed by atoms with Crippen LogP contribution in [0, 0.1) is 0 Å². The lowest BCUT2D eigenvalue weighted by Gasteiger charge is -2.28. The molecule has 1 aromatic carbocycles.